The molecule has 30 heavy (non-hydrogen) atoms. The zero-order valence-corrected chi connectivity index (χ0v) is 17.0. The molecule has 0 heterocycles. The van der Waals surface area contributed by atoms with E-state index in [1.165, 1.54) is 0 Å². The Balaban J connectivity index is 1.44. The van der Waals surface area contributed by atoms with Crippen LogP contribution >= 0.6 is 7.82 Å². The quantitative estimate of drug-likeness (QED) is 0.328. The smallest absolute Gasteiger partial charge is 0.449 e. The average Bonchev–Trinajstić information content (AvgIpc) is 3.07. The largest absolute Gasteiger partial charge is 0.472 e. The van der Waals surface area contributed by atoms with Gasteiger partial charge >= 0.3 is 13.9 Å². The van der Waals surface area contributed by atoms with E-state index < -0.39 is 33.2 Å². The van der Waals surface area contributed by atoms with Gasteiger partial charge in [0.15, 0.2) is 0 Å². The molecule has 0 saturated heterocycles. The van der Waals surface area contributed by atoms with Crippen molar-refractivity contribution in [3.63, 3.8) is 0 Å². The second-order valence-electron chi connectivity index (χ2n) is 6.69. The number of ether oxygens (including phenoxy) is 1. The van der Waals surface area contributed by atoms with Gasteiger partial charge in [-0.2, -0.15) is 0 Å². The molecule has 0 saturated carbocycles. The maximum atomic E-state index is 12.0. The van der Waals surface area contributed by atoms with Gasteiger partial charge in [0.2, 0.25) is 0 Å². The Kier molecular flexibility index (Phi) is 7.60. The molecule has 9 nitrogen and oxygen atoms in total. The zero-order valence-electron chi connectivity index (χ0n) is 16.1. The van der Waals surface area contributed by atoms with Crippen LogP contribution in [0.15, 0.2) is 48.5 Å². The molecule has 1 aliphatic carbocycles. The monoisotopic (exact) mass is 437 g/mol. The summed E-state index contributed by atoms with van der Waals surface area (Å²) in [4.78, 5) is 21.4. The van der Waals surface area contributed by atoms with Crippen LogP contribution in [0.3, 0.4) is 0 Å². The van der Waals surface area contributed by atoms with Crippen LogP contribution in [-0.4, -0.2) is 60.3 Å². The molecule has 0 aliphatic heterocycles. The van der Waals surface area contributed by atoms with Gasteiger partial charge in [0.25, 0.3) is 0 Å². The van der Waals surface area contributed by atoms with Gasteiger partial charge in [0.1, 0.15) is 12.7 Å². The first kappa shape index (κ1) is 22.4. The first-order chi connectivity index (χ1) is 14.4. The fourth-order valence-electron chi connectivity index (χ4n) is 3.23. The summed E-state index contributed by atoms with van der Waals surface area (Å²) in [6.45, 7) is -1.38. The minimum atomic E-state index is -4.39. The fourth-order valence-corrected chi connectivity index (χ4v) is 3.99. The van der Waals surface area contributed by atoms with E-state index in [1.54, 1.807) is 0 Å². The van der Waals surface area contributed by atoms with Crippen LogP contribution in [0.4, 0.5) is 4.79 Å². The molecule has 162 valence electrons. The molecule has 10 heteroatoms. The standard InChI is InChI=1S/C20H24NO8P/c22-11-14(23)12-29-30(25,26)28-10-9-21-20(24)27-13-19-17-7-3-1-5-15(17)16-6-2-4-8-18(16)19/h1-8,14,19,22-23H,9-13H2,(H,21,24)(H,25,26). The maximum absolute atomic E-state index is 12.0. The van der Waals surface area contributed by atoms with Gasteiger partial charge in [-0.3, -0.25) is 9.05 Å². The summed E-state index contributed by atoms with van der Waals surface area (Å²) < 4.78 is 26.1. The average molecular weight is 437 g/mol. The number of carbonyl (C=O) groups is 1. The summed E-state index contributed by atoms with van der Waals surface area (Å²) in [6, 6.07) is 16.0. The highest BCUT2D eigenvalue weighted by Gasteiger charge is 2.29. The van der Waals surface area contributed by atoms with Crippen LogP contribution in [0.1, 0.15) is 17.0 Å². The Bertz CT molecular complexity index is 876. The van der Waals surface area contributed by atoms with Crippen LogP contribution in [0.5, 0.6) is 0 Å². The zero-order chi connectivity index (χ0) is 21.6. The third kappa shape index (κ3) is 5.66. The van der Waals surface area contributed by atoms with E-state index in [0.29, 0.717) is 0 Å². The van der Waals surface area contributed by atoms with E-state index in [4.69, 9.17) is 14.9 Å². The van der Waals surface area contributed by atoms with Gasteiger partial charge in [-0.05, 0) is 22.3 Å². The predicted molar refractivity (Wildman–Crippen MR) is 108 cm³/mol. The minimum Gasteiger partial charge on any atom is -0.449 e. The van der Waals surface area contributed by atoms with Crippen LogP contribution in [0, 0.1) is 0 Å². The van der Waals surface area contributed by atoms with E-state index in [0.717, 1.165) is 22.3 Å². The molecule has 3 rings (SSSR count). The molecule has 4 N–H and O–H groups in total. The van der Waals surface area contributed by atoms with Crippen molar-refractivity contribution in [2.24, 2.45) is 0 Å². The minimum absolute atomic E-state index is 0.0663. The topological polar surface area (TPSA) is 135 Å². The Labute approximate surface area is 173 Å². The number of aliphatic hydroxyl groups is 2. The molecular weight excluding hydrogens is 413 g/mol. The lowest BCUT2D eigenvalue weighted by molar-refractivity contribution is 0.0364. The van der Waals surface area contributed by atoms with Crippen molar-refractivity contribution < 1.29 is 38.3 Å². The number of amides is 1. The number of rotatable bonds is 10. The molecule has 2 aromatic rings. The van der Waals surface area contributed by atoms with Gasteiger partial charge in [-0.1, -0.05) is 48.5 Å². The SMILES string of the molecule is O=C(NCCOP(=O)(O)OCC(O)CO)OCC1c2ccccc2-c2ccccc21. The maximum Gasteiger partial charge on any atom is 0.472 e. The van der Waals surface area contributed by atoms with Gasteiger partial charge in [0.05, 0.1) is 19.8 Å². The third-order valence-corrected chi connectivity index (χ3v) is 5.59. The Hall–Kier alpha value is -2.26. The van der Waals surface area contributed by atoms with Crippen LogP contribution < -0.4 is 5.32 Å². The van der Waals surface area contributed by atoms with Gasteiger partial charge in [0, 0.05) is 12.5 Å². The number of hydrogen-bond acceptors (Lipinski definition) is 7. The first-order valence-corrected chi connectivity index (χ1v) is 10.9. The highest BCUT2D eigenvalue weighted by Crippen LogP contribution is 2.44. The number of fused-ring (bicyclic) bond motifs is 3. The number of carbonyl (C=O) groups excluding carboxylic acids is 1. The van der Waals surface area contributed by atoms with E-state index in [9.17, 15) is 14.3 Å². The molecular formula is C20H24NO8P. The summed E-state index contributed by atoms with van der Waals surface area (Å²) in [6.07, 6.45) is -1.96. The van der Waals surface area contributed by atoms with Crippen LogP contribution in [0.2, 0.25) is 0 Å². The molecule has 0 fully saturated rings. The summed E-state index contributed by atoms with van der Waals surface area (Å²) in [5.41, 5.74) is 4.44. The van der Waals surface area contributed by atoms with Crippen molar-refractivity contribution in [2.45, 2.75) is 12.0 Å². The van der Waals surface area contributed by atoms with Gasteiger partial charge in [-0.15, -0.1) is 0 Å². The molecule has 0 radical (unpaired) electrons. The summed E-state index contributed by atoms with van der Waals surface area (Å²) in [5.74, 6) is -0.0663. The van der Waals surface area contributed by atoms with Crippen molar-refractivity contribution in [1.29, 1.82) is 0 Å². The fraction of sp³-hybridized carbons (Fsp3) is 0.350. The predicted octanol–water partition coefficient (Wildman–Crippen LogP) is 2.01. The number of nitrogens with one attached hydrogen (secondary N) is 1. The van der Waals surface area contributed by atoms with Crippen LogP contribution in [0.25, 0.3) is 11.1 Å². The highest BCUT2D eigenvalue weighted by molar-refractivity contribution is 7.47. The second-order valence-corrected chi connectivity index (χ2v) is 8.14. The molecule has 1 amide bonds. The van der Waals surface area contributed by atoms with Gasteiger partial charge < -0.3 is 25.2 Å². The Morgan fingerprint density at radius 3 is 2.27 bits per heavy atom. The highest BCUT2D eigenvalue weighted by atomic mass is 31.2. The second kappa shape index (κ2) is 10.2. The Morgan fingerprint density at radius 2 is 1.67 bits per heavy atom. The van der Waals surface area contributed by atoms with Crippen molar-refractivity contribution >= 4 is 13.9 Å². The molecule has 2 atom stereocenters. The third-order valence-electron chi connectivity index (χ3n) is 4.61. The lowest BCUT2D eigenvalue weighted by Gasteiger charge is -2.15. The molecule has 0 aromatic heterocycles. The summed E-state index contributed by atoms with van der Waals surface area (Å²) in [5, 5.41) is 20.2. The van der Waals surface area contributed by atoms with E-state index >= 15 is 0 Å². The van der Waals surface area contributed by atoms with E-state index in [-0.39, 0.29) is 25.7 Å². The number of alkyl carbamates (subject to hydrolysis) is 1. The van der Waals surface area contributed by atoms with Crippen molar-refractivity contribution in [3.8, 4) is 11.1 Å². The van der Waals surface area contributed by atoms with Crippen LogP contribution in [-0.2, 0) is 18.3 Å². The van der Waals surface area contributed by atoms with Crippen molar-refractivity contribution in [2.75, 3.05) is 33.0 Å². The number of hydrogen-bond donors (Lipinski definition) is 4. The molecule has 2 aromatic carbocycles. The molecule has 2 unspecified atom stereocenters. The molecule has 0 spiro atoms. The molecule has 1 aliphatic rings. The Morgan fingerprint density at radius 1 is 1.07 bits per heavy atom. The number of phosphoric ester groups is 1. The van der Waals surface area contributed by atoms with Crippen molar-refractivity contribution in [3.05, 3.63) is 59.7 Å². The lowest BCUT2D eigenvalue weighted by atomic mass is 9.98. The van der Waals surface area contributed by atoms with Crippen molar-refractivity contribution in [1.82, 2.24) is 5.32 Å². The van der Waals surface area contributed by atoms with E-state index in [2.05, 4.69) is 14.4 Å². The summed E-state index contributed by atoms with van der Waals surface area (Å²) >= 11 is 0. The normalized spacial score (nSPS) is 15.7. The first-order valence-electron chi connectivity index (χ1n) is 9.41. The summed E-state index contributed by atoms with van der Waals surface area (Å²) in [7, 11) is -4.39. The molecule has 0 bridgehead atoms. The number of benzene rings is 2. The number of aliphatic hydroxyl groups excluding tert-OH is 2. The van der Waals surface area contributed by atoms with Gasteiger partial charge in [-0.25, -0.2) is 9.36 Å². The number of phosphoric acid groups is 1. The lowest BCUT2D eigenvalue weighted by Crippen LogP contribution is -2.29. The van der Waals surface area contributed by atoms with E-state index in [1.807, 2.05) is 48.5 Å².